The summed E-state index contributed by atoms with van der Waals surface area (Å²) in [7, 11) is 0. The van der Waals surface area contributed by atoms with Crippen LogP contribution in [0.4, 0.5) is 0 Å². The van der Waals surface area contributed by atoms with Crippen molar-refractivity contribution in [2.24, 2.45) is 5.92 Å². The minimum atomic E-state index is 0.275. The lowest BCUT2D eigenvalue weighted by Crippen LogP contribution is -2.36. The molecule has 1 aliphatic rings. The fourth-order valence-electron chi connectivity index (χ4n) is 2.33. The fourth-order valence-corrected chi connectivity index (χ4v) is 2.33. The van der Waals surface area contributed by atoms with Gasteiger partial charge < -0.3 is 10.2 Å². The second-order valence-electron chi connectivity index (χ2n) is 4.55. The first-order valence-corrected chi connectivity index (χ1v) is 5.89. The predicted molar refractivity (Wildman–Crippen MR) is 63.2 cm³/mol. The molecule has 0 aromatic heterocycles. The first-order valence-electron chi connectivity index (χ1n) is 5.89. The molecule has 88 valence electrons. The van der Waals surface area contributed by atoms with Crippen LogP contribution in [0.25, 0.3) is 0 Å². The van der Waals surface area contributed by atoms with Gasteiger partial charge in [-0.3, -0.25) is 4.90 Å². The number of phenols is 1. The van der Waals surface area contributed by atoms with Crippen LogP contribution in [0.1, 0.15) is 18.4 Å². The molecule has 3 heteroatoms. The van der Waals surface area contributed by atoms with Crippen LogP contribution in [-0.4, -0.2) is 34.8 Å². The molecule has 1 atom stereocenters. The second-order valence-corrected chi connectivity index (χ2v) is 4.55. The van der Waals surface area contributed by atoms with Crippen LogP contribution in [-0.2, 0) is 6.54 Å². The van der Waals surface area contributed by atoms with Gasteiger partial charge in [0.15, 0.2) is 0 Å². The van der Waals surface area contributed by atoms with Gasteiger partial charge >= 0.3 is 0 Å². The summed E-state index contributed by atoms with van der Waals surface area (Å²) < 4.78 is 0. The zero-order valence-corrected chi connectivity index (χ0v) is 9.47. The van der Waals surface area contributed by atoms with Gasteiger partial charge in [0.2, 0.25) is 0 Å². The molecule has 1 heterocycles. The molecule has 2 rings (SSSR count). The molecular weight excluding hydrogens is 202 g/mol. The molecule has 1 aliphatic heterocycles. The Morgan fingerprint density at radius 1 is 1.31 bits per heavy atom. The SMILES string of the molecule is OCC1CCCN(Cc2ccccc2O)C1. The van der Waals surface area contributed by atoms with Gasteiger partial charge in [-0.25, -0.2) is 0 Å². The lowest BCUT2D eigenvalue weighted by atomic mass is 9.98. The molecule has 0 aliphatic carbocycles. The van der Waals surface area contributed by atoms with Gasteiger partial charge in [0.05, 0.1) is 0 Å². The van der Waals surface area contributed by atoms with Gasteiger partial charge in [-0.05, 0) is 31.4 Å². The van der Waals surface area contributed by atoms with Gasteiger partial charge in [-0.1, -0.05) is 18.2 Å². The molecule has 0 radical (unpaired) electrons. The van der Waals surface area contributed by atoms with E-state index in [0.29, 0.717) is 11.7 Å². The van der Waals surface area contributed by atoms with E-state index in [1.807, 2.05) is 18.2 Å². The Labute approximate surface area is 96.3 Å². The van der Waals surface area contributed by atoms with Gasteiger partial charge in [-0.2, -0.15) is 0 Å². The van der Waals surface area contributed by atoms with Crippen LogP contribution in [0.5, 0.6) is 5.75 Å². The summed E-state index contributed by atoms with van der Waals surface area (Å²) in [5, 5.41) is 18.8. The Hall–Kier alpha value is -1.06. The Balaban J connectivity index is 1.97. The number of aromatic hydroxyl groups is 1. The van der Waals surface area contributed by atoms with Crippen molar-refractivity contribution in [3.8, 4) is 5.75 Å². The summed E-state index contributed by atoms with van der Waals surface area (Å²) in [6.07, 6.45) is 2.26. The van der Waals surface area contributed by atoms with E-state index >= 15 is 0 Å². The maximum atomic E-state index is 9.69. The smallest absolute Gasteiger partial charge is 0.120 e. The molecule has 0 spiro atoms. The number of hydrogen-bond donors (Lipinski definition) is 2. The first kappa shape index (κ1) is 11.4. The lowest BCUT2D eigenvalue weighted by molar-refractivity contribution is 0.115. The summed E-state index contributed by atoms with van der Waals surface area (Å²) in [4.78, 5) is 2.30. The van der Waals surface area contributed by atoms with Crippen molar-refractivity contribution in [2.45, 2.75) is 19.4 Å². The fraction of sp³-hybridized carbons (Fsp3) is 0.538. The lowest BCUT2D eigenvalue weighted by Gasteiger charge is -2.31. The molecular formula is C13H19NO2. The number of para-hydroxylation sites is 1. The molecule has 1 aromatic rings. The number of benzene rings is 1. The van der Waals surface area contributed by atoms with E-state index < -0.39 is 0 Å². The van der Waals surface area contributed by atoms with Crippen LogP contribution >= 0.6 is 0 Å². The summed E-state index contributed by atoms with van der Waals surface area (Å²) >= 11 is 0. The van der Waals surface area contributed by atoms with Gasteiger partial charge in [-0.15, -0.1) is 0 Å². The summed E-state index contributed by atoms with van der Waals surface area (Å²) in [6.45, 7) is 3.05. The standard InChI is InChI=1S/C13H19NO2/c15-10-11-4-3-7-14(8-11)9-12-5-1-2-6-13(12)16/h1-2,5-6,11,15-16H,3-4,7-10H2. The van der Waals surface area contributed by atoms with E-state index in [1.54, 1.807) is 6.07 Å². The average Bonchev–Trinajstić information content (AvgIpc) is 2.32. The van der Waals surface area contributed by atoms with Crippen molar-refractivity contribution in [3.63, 3.8) is 0 Å². The molecule has 1 aromatic carbocycles. The largest absolute Gasteiger partial charge is 0.508 e. The highest BCUT2D eigenvalue weighted by Crippen LogP contribution is 2.22. The van der Waals surface area contributed by atoms with E-state index in [0.717, 1.165) is 38.0 Å². The summed E-state index contributed by atoms with van der Waals surface area (Å²) in [5.74, 6) is 0.772. The quantitative estimate of drug-likeness (QED) is 0.814. The predicted octanol–water partition coefficient (Wildman–Crippen LogP) is 1.60. The maximum Gasteiger partial charge on any atom is 0.120 e. The van der Waals surface area contributed by atoms with E-state index in [1.165, 1.54) is 0 Å². The minimum Gasteiger partial charge on any atom is -0.508 e. The van der Waals surface area contributed by atoms with E-state index in [9.17, 15) is 5.11 Å². The number of phenolic OH excluding ortho intramolecular Hbond substituents is 1. The van der Waals surface area contributed by atoms with Crippen molar-refractivity contribution in [3.05, 3.63) is 29.8 Å². The monoisotopic (exact) mass is 221 g/mol. The third-order valence-electron chi connectivity index (χ3n) is 3.25. The van der Waals surface area contributed by atoms with E-state index in [-0.39, 0.29) is 6.61 Å². The van der Waals surface area contributed by atoms with Crippen LogP contribution in [0, 0.1) is 5.92 Å². The molecule has 2 N–H and O–H groups in total. The molecule has 16 heavy (non-hydrogen) atoms. The van der Waals surface area contributed by atoms with Crippen molar-refractivity contribution in [1.29, 1.82) is 0 Å². The Kier molecular flexibility index (Phi) is 3.80. The number of rotatable bonds is 3. The summed E-state index contributed by atoms with van der Waals surface area (Å²) in [6, 6.07) is 7.47. The third-order valence-corrected chi connectivity index (χ3v) is 3.25. The molecule has 1 unspecified atom stereocenters. The average molecular weight is 221 g/mol. The second kappa shape index (κ2) is 5.32. The summed E-state index contributed by atoms with van der Waals surface area (Å²) in [5.41, 5.74) is 0.973. The molecule has 1 fully saturated rings. The van der Waals surface area contributed by atoms with Crippen molar-refractivity contribution in [1.82, 2.24) is 4.90 Å². The Morgan fingerprint density at radius 3 is 2.88 bits per heavy atom. The minimum absolute atomic E-state index is 0.275. The van der Waals surface area contributed by atoms with Crippen LogP contribution in [0.3, 0.4) is 0 Å². The third kappa shape index (κ3) is 2.74. The highest BCUT2D eigenvalue weighted by molar-refractivity contribution is 5.31. The molecule has 0 saturated carbocycles. The van der Waals surface area contributed by atoms with Crippen LogP contribution in [0.15, 0.2) is 24.3 Å². The van der Waals surface area contributed by atoms with E-state index in [4.69, 9.17) is 5.11 Å². The normalized spacial score (nSPS) is 22.2. The number of piperidine rings is 1. The van der Waals surface area contributed by atoms with Crippen molar-refractivity contribution < 1.29 is 10.2 Å². The number of nitrogens with zero attached hydrogens (tertiary/aromatic N) is 1. The van der Waals surface area contributed by atoms with Crippen molar-refractivity contribution >= 4 is 0 Å². The van der Waals surface area contributed by atoms with E-state index in [2.05, 4.69) is 4.90 Å². The Bertz CT molecular complexity index is 340. The van der Waals surface area contributed by atoms with Gasteiger partial charge in [0, 0.05) is 25.3 Å². The molecule has 1 saturated heterocycles. The Morgan fingerprint density at radius 2 is 2.12 bits per heavy atom. The number of hydrogen-bond acceptors (Lipinski definition) is 3. The van der Waals surface area contributed by atoms with Gasteiger partial charge in [0.1, 0.15) is 5.75 Å². The molecule has 0 bridgehead atoms. The number of aliphatic hydroxyl groups is 1. The molecule has 0 amide bonds. The number of likely N-dealkylation sites (tertiary alicyclic amines) is 1. The highest BCUT2D eigenvalue weighted by atomic mass is 16.3. The highest BCUT2D eigenvalue weighted by Gasteiger charge is 2.19. The first-order chi connectivity index (χ1) is 7.79. The maximum absolute atomic E-state index is 9.69. The van der Waals surface area contributed by atoms with Crippen molar-refractivity contribution in [2.75, 3.05) is 19.7 Å². The van der Waals surface area contributed by atoms with Crippen LogP contribution in [0.2, 0.25) is 0 Å². The molecule has 3 nitrogen and oxygen atoms in total. The topological polar surface area (TPSA) is 43.7 Å². The zero-order chi connectivity index (χ0) is 11.4. The number of aliphatic hydroxyl groups excluding tert-OH is 1. The van der Waals surface area contributed by atoms with Gasteiger partial charge in [0.25, 0.3) is 0 Å². The van der Waals surface area contributed by atoms with Crippen LogP contribution < -0.4 is 0 Å². The zero-order valence-electron chi connectivity index (χ0n) is 9.47.